The van der Waals surface area contributed by atoms with Crippen LogP contribution in [0.2, 0.25) is 10.0 Å². The van der Waals surface area contributed by atoms with Crippen molar-refractivity contribution in [3.8, 4) is 5.69 Å². The third-order valence-corrected chi connectivity index (χ3v) is 3.02. The van der Waals surface area contributed by atoms with E-state index in [1.54, 1.807) is 16.8 Å². The van der Waals surface area contributed by atoms with Gasteiger partial charge in [0.25, 0.3) is 0 Å². The summed E-state index contributed by atoms with van der Waals surface area (Å²) in [4.78, 5) is 0. The molecule has 2 nitrogen and oxygen atoms in total. The van der Waals surface area contributed by atoms with Crippen LogP contribution in [0.4, 0.5) is 0 Å². The Morgan fingerprint density at radius 3 is 2.60 bits per heavy atom. The molecule has 0 fully saturated rings. The van der Waals surface area contributed by atoms with Crippen LogP contribution < -0.4 is 0 Å². The van der Waals surface area contributed by atoms with E-state index in [9.17, 15) is 0 Å². The van der Waals surface area contributed by atoms with Gasteiger partial charge in [0.05, 0.1) is 10.7 Å². The van der Waals surface area contributed by atoms with Crippen LogP contribution in [0.25, 0.3) is 5.69 Å². The van der Waals surface area contributed by atoms with Crippen LogP contribution in [0, 0.1) is 11.6 Å². The van der Waals surface area contributed by atoms with Crippen molar-refractivity contribution in [2.75, 3.05) is 0 Å². The molecule has 0 spiro atoms. The highest BCUT2D eigenvalue weighted by molar-refractivity contribution is 7.71. The van der Waals surface area contributed by atoms with E-state index in [-0.39, 0.29) is 0 Å². The maximum Gasteiger partial charge on any atom is 0.122 e. The van der Waals surface area contributed by atoms with Gasteiger partial charge in [-0.1, -0.05) is 35.4 Å². The summed E-state index contributed by atoms with van der Waals surface area (Å²) < 4.78 is 2.50. The number of nitrogens with zero attached hydrogens (tertiary/aromatic N) is 1. The summed E-state index contributed by atoms with van der Waals surface area (Å²) in [6.45, 7) is 1.94. The zero-order valence-corrected chi connectivity index (χ0v) is 10.2. The van der Waals surface area contributed by atoms with E-state index < -0.39 is 0 Å². The Hall–Kier alpha value is -0.770. The first-order chi connectivity index (χ1) is 7.08. The number of hydrogen-bond donors (Lipinski definition) is 1. The zero-order chi connectivity index (χ0) is 11.0. The van der Waals surface area contributed by atoms with Gasteiger partial charge in [-0.25, -0.2) is 0 Å². The fourth-order valence-corrected chi connectivity index (χ4v) is 1.94. The SMILES string of the molecule is Cc1cn(-c2ccc(Cl)cc2Cl)[nH]c1=S. The highest BCUT2D eigenvalue weighted by Crippen LogP contribution is 2.24. The third kappa shape index (κ3) is 2.09. The van der Waals surface area contributed by atoms with Gasteiger partial charge in [0.1, 0.15) is 4.64 Å². The van der Waals surface area contributed by atoms with Crippen molar-refractivity contribution >= 4 is 35.4 Å². The lowest BCUT2D eigenvalue weighted by molar-refractivity contribution is 0.875. The van der Waals surface area contributed by atoms with Crippen LogP contribution >= 0.6 is 35.4 Å². The molecule has 0 aliphatic rings. The molecule has 0 bridgehead atoms. The first-order valence-corrected chi connectivity index (χ1v) is 5.48. The molecule has 1 heterocycles. The first kappa shape index (κ1) is 10.7. The van der Waals surface area contributed by atoms with Gasteiger partial charge in [0.15, 0.2) is 0 Å². The Balaban J connectivity index is 2.59. The minimum Gasteiger partial charge on any atom is -0.284 e. The molecule has 2 aromatic rings. The standard InChI is InChI=1S/C10H8Cl2N2S/c1-6-5-14(13-10(6)15)9-3-2-7(11)4-8(9)12/h2-5H,1H3,(H,13,15). The Morgan fingerprint density at radius 2 is 2.07 bits per heavy atom. The van der Waals surface area contributed by atoms with Gasteiger partial charge in [0, 0.05) is 16.8 Å². The van der Waals surface area contributed by atoms with Crippen molar-refractivity contribution in [1.82, 2.24) is 9.78 Å². The van der Waals surface area contributed by atoms with E-state index >= 15 is 0 Å². The number of rotatable bonds is 1. The summed E-state index contributed by atoms with van der Waals surface area (Å²) in [6.07, 6.45) is 1.90. The van der Waals surface area contributed by atoms with Crippen molar-refractivity contribution in [2.45, 2.75) is 6.92 Å². The number of benzene rings is 1. The molecule has 0 saturated heterocycles. The van der Waals surface area contributed by atoms with E-state index in [1.807, 2.05) is 19.2 Å². The predicted octanol–water partition coefficient (Wildman–Crippen LogP) is 4.15. The van der Waals surface area contributed by atoms with Crippen molar-refractivity contribution < 1.29 is 0 Å². The number of H-pyrrole nitrogens is 1. The lowest BCUT2D eigenvalue weighted by Crippen LogP contribution is -1.94. The quantitative estimate of drug-likeness (QED) is 0.763. The van der Waals surface area contributed by atoms with Gasteiger partial charge in [-0.3, -0.25) is 9.78 Å². The van der Waals surface area contributed by atoms with Crippen molar-refractivity contribution in [3.05, 3.63) is 44.6 Å². The first-order valence-electron chi connectivity index (χ1n) is 4.31. The van der Waals surface area contributed by atoms with Crippen LogP contribution in [0.1, 0.15) is 5.56 Å². The average Bonchev–Trinajstić information content (AvgIpc) is 2.46. The minimum absolute atomic E-state index is 0.587. The second-order valence-corrected chi connectivity index (χ2v) is 4.47. The van der Waals surface area contributed by atoms with Crippen LogP contribution in [0.15, 0.2) is 24.4 Å². The predicted molar refractivity (Wildman–Crippen MR) is 65.7 cm³/mol. The molecule has 1 aromatic carbocycles. The fourth-order valence-electron chi connectivity index (χ4n) is 1.29. The molecule has 78 valence electrons. The maximum absolute atomic E-state index is 6.07. The topological polar surface area (TPSA) is 20.7 Å². The molecule has 0 aliphatic carbocycles. The average molecular weight is 259 g/mol. The maximum atomic E-state index is 6.07. The van der Waals surface area contributed by atoms with Gasteiger partial charge in [-0.05, 0) is 25.1 Å². The van der Waals surface area contributed by atoms with E-state index in [0.717, 1.165) is 11.3 Å². The summed E-state index contributed by atoms with van der Waals surface area (Å²) >= 11 is 17.0. The van der Waals surface area contributed by atoms with E-state index in [0.29, 0.717) is 14.7 Å². The molecule has 0 radical (unpaired) electrons. The molecule has 5 heteroatoms. The Kier molecular flexibility index (Phi) is 2.87. The Morgan fingerprint density at radius 1 is 1.33 bits per heavy atom. The van der Waals surface area contributed by atoms with Crippen molar-refractivity contribution in [2.24, 2.45) is 0 Å². The number of halogens is 2. The van der Waals surface area contributed by atoms with E-state index in [4.69, 9.17) is 35.4 Å². The number of hydrogen-bond acceptors (Lipinski definition) is 1. The summed E-state index contributed by atoms with van der Waals surface area (Å²) in [6, 6.07) is 5.33. The van der Waals surface area contributed by atoms with Crippen LogP contribution in [0.3, 0.4) is 0 Å². The van der Waals surface area contributed by atoms with Crippen molar-refractivity contribution in [1.29, 1.82) is 0 Å². The molecule has 2 rings (SSSR count). The van der Waals surface area contributed by atoms with Gasteiger partial charge >= 0.3 is 0 Å². The third-order valence-electron chi connectivity index (χ3n) is 2.07. The molecule has 15 heavy (non-hydrogen) atoms. The molecule has 1 N–H and O–H groups in total. The summed E-state index contributed by atoms with van der Waals surface area (Å²) in [7, 11) is 0. The second-order valence-electron chi connectivity index (χ2n) is 3.22. The monoisotopic (exact) mass is 258 g/mol. The summed E-state index contributed by atoms with van der Waals surface area (Å²) in [5, 5.41) is 4.23. The molecule has 0 unspecified atom stereocenters. The Labute approximate surface area is 102 Å². The number of aromatic nitrogens is 2. The molecule has 0 atom stereocenters. The van der Waals surface area contributed by atoms with Crippen LogP contribution in [-0.2, 0) is 0 Å². The number of nitrogens with one attached hydrogen (secondary N) is 1. The highest BCUT2D eigenvalue weighted by atomic mass is 35.5. The highest BCUT2D eigenvalue weighted by Gasteiger charge is 2.04. The number of aromatic amines is 1. The van der Waals surface area contributed by atoms with Gasteiger partial charge in [0.2, 0.25) is 0 Å². The normalized spacial score (nSPS) is 10.6. The van der Waals surface area contributed by atoms with Gasteiger partial charge in [-0.15, -0.1) is 0 Å². The van der Waals surface area contributed by atoms with Gasteiger partial charge < -0.3 is 0 Å². The van der Waals surface area contributed by atoms with E-state index in [1.165, 1.54) is 0 Å². The zero-order valence-electron chi connectivity index (χ0n) is 7.92. The minimum atomic E-state index is 0.587. The molecule has 0 saturated carbocycles. The summed E-state index contributed by atoms with van der Waals surface area (Å²) in [5.41, 5.74) is 1.84. The fraction of sp³-hybridized carbons (Fsp3) is 0.100. The molecule has 0 aliphatic heterocycles. The lowest BCUT2D eigenvalue weighted by atomic mass is 10.3. The van der Waals surface area contributed by atoms with Crippen LogP contribution in [0.5, 0.6) is 0 Å². The molecular formula is C10H8Cl2N2S. The van der Waals surface area contributed by atoms with Crippen molar-refractivity contribution in [3.63, 3.8) is 0 Å². The number of aryl methyl sites for hydroxylation is 1. The molecule has 1 aromatic heterocycles. The Bertz CT molecular complexity index is 557. The molecular weight excluding hydrogens is 251 g/mol. The lowest BCUT2D eigenvalue weighted by Gasteiger charge is -2.04. The largest absolute Gasteiger partial charge is 0.284 e. The van der Waals surface area contributed by atoms with E-state index in [2.05, 4.69) is 5.10 Å². The summed E-state index contributed by atoms with van der Waals surface area (Å²) in [5.74, 6) is 0. The van der Waals surface area contributed by atoms with Gasteiger partial charge in [-0.2, -0.15) is 0 Å². The second kappa shape index (κ2) is 4.00. The smallest absolute Gasteiger partial charge is 0.122 e. The van der Waals surface area contributed by atoms with Crippen LogP contribution in [-0.4, -0.2) is 9.78 Å². The molecule has 0 amide bonds.